The summed E-state index contributed by atoms with van der Waals surface area (Å²) in [5.41, 5.74) is -1.79. The number of hydrogen-bond acceptors (Lipinski definition) is 1. The van der Waals surface area contributed by atoms with Gasteiger partial charge in [-0.25, -0.2) is 4.39 Å². The van der Waals surface area contributed by atoms with Crippen molar-refractivity contribution in [3.8, 4) is 29.2 Å². The molecule has 0 bridgehead atoms. The molecule has 2 nitrogen and oxygen atoms in total. The van der Waals surface area contributed by atoms with Crippen molar-refractivity contribution < 1.29 is 22.3 Å². The van der Waals surface area contributed by atoms with Crippen LogP contribution in [-0.2, 0) is 13.2 Å². The second kappa shape index (κ2) is 6.99. The van der Waals surface area contributed by atoms with E-state index in [0.717, 1.165) is 19.2 Å². The quantitative estimate of drug-likeness (QED) is 0.430. The van der Waals surface area contributed by atoms with E-state index in [1.165, 1.54) is 0 Å². The summed E-state index contributed by atoms with van der Waals surface area (Å²) in [7, 11) is 1.08. The average molecular weight is 415 g/mol. The Morgan fingerprint density at radius 1 is 1.24 bits per heavy atom. The van der Waals surface area contributed by atoms with Gasteiger partial charge in [0.1, 0.15) is 22.4 Å². The van der Waals surface area contributed by atoms with E-state index < -0.39 is 28.8 Å². The minimum absolute atomic E-state index is 0.00642. The maximum Gasteiger partial charge on any atom is 0.432 e. The topological polar surface area (TPSA) is 14.2 Å². The van der Waals surface area contributed by atoms with Crippen molar-refractivity contribution in [1.29, 1.82) is 0 Å². The number of rotatable bonds is 3. The van der Waals surface area contributed by atoms with Gasteiger partial charge in [0.05, 0.1) is 10.0 Å². The summed E-state index contributed by atoms with van der Waals surface area (Å²) in [5.74, 6) is 1.38. The highest BCUT2D eigenvalue weighted by molar-refractivity contribution is 6.40. The monoisotopic (exact) mass is 413 g/mol. The van der Waals surface area contributed by atoms with E-state index >= 15 is 0 Å². The van der Waals surface area contributed by atoms with Crippen molar-refractivity contribution in [3.05, 3.63) is 38.8 Å². The summed E-state index contributed by atoms with van der Waals surface area (Å²) in [6.07, 6.45) is -0.256. The van der Waals surface area contributed by atoms with Crippen LogP contribution in [0, 0.1) is 18.2 Å². The third-order valence-electron chi connectivity index (χ3n) is 3.36. The van der Waals surface area contributed by atoms with Gasteiger partial charge in [-0.15, -0.1) is 6.42 Å². The number of nitrogens with zero attached hydrogens (tertiary/aromatic N) is 1. The van der Waals surface area contributed by atoms with Crippen LogP contribution in [0.4, 0.5) is 17.6 Å². The lowest BCUT2D eigenvalue weighted by Gasteiger charge is -2.13. The number of aromatic nitrogens is 1. The first-order chi connectivity index (χ1) is 11.5. The summed E-state index contributed by atoms with van der Waals surface area (Å²) >= 11 is 17.7. The highest BCUT2D eigenvalue weighted by Crippen LogP contribution is 2.47. The summed E-state index contributed by atoms with van der Waals surface area (Å²) in [6, 6.07) is 2.00. The molecule has 0 saturated heterocycles. The molecule has 9 heteroatoms. The first kappa shape index (κ1) is 19.8. The second-order valence-electron chi connectivity index (χ2n) is 5.07. The van der Waals surface area contributed by atoms with Crippen LogP contribution in [0.25, 0.3) is 11.1 Å². The van der Waals surface area contributed by atoms with Crippen LogP contribution in [0.15, 0.2) is 12.1 Å². The Morgan fingerprint density at radius 2 is 1.84 bits per heavy atom. The van der Waals surface area contributed by atoms with Gasteiger partial charge >= 0.3 is 6.18 Å². The van der Waals surface area contributed by atoms with Crippen molar-refractivity contribution in [1.82, 2.24) is 4.57 Å². The second-order valence-corrected chi connectivity index (χ2v) is 6.22. The van der Waals surface area contributed by atoms with E-state index in [4.69, 9.17) is 46.0 Å². The van der Waals surface area contributed by atoms with Gasteiger partial charge in [-0.3, -0.25) is 0 Å². The van der Waals surface area contributed by atoms with Gasteiger partial charge in [0.2, 0.25) is 0 Å². The molecule has 1 atom stereocenters. The van der Waals surface area contributed by atoms with E-state index in [0.29, 0.717) is 4.57 Å². The molecule has 0 aliphatic rings. The Labute approximate surface area is 156 Å². The summed E-state index contributed by atoms with van der Waals surface area (Å²) in [5, 5.41) is -1.20. The third-order valence-corrected chi connectivity index (χ3v) is 4.47. The van der Waals surface area contributed by atoms with Gasteiger partial charge in [-0.1, -0.05) is 40.7 Å². The fraction of sp³-hybridized carbons (Fsp3) is 0.250. The predicted molar refractivity (Wildman–Crippen MR) is 89.8 cm³/mol. The van der Waals surface area contributed by atoms with Gasteiger partial charge in [-0.05, 0) is 19.1 Å². The molecule has 0 aliphatic heterocycles. The Balaban J connectivity index is 2.72. The van der Waals surface area contributed by atoms with Crippen molar-refractivity contribution in [2.45, 2.75) is 19.2 Å². The van der Waals surface area contributed by atoms with Crippen LogP contribution in [0.1, 0.15) is 12.6 Å². The molecule has 1 aromatic heterocycles. The van der Waals surface area contributed by atoms with Crippen molar-refractivity contribution in [2.75, 3.05) is 0 Å². The fourth-order valence-electron chi connectivity index (χ4n) is 2.20. The number of benzene rings is 1. The van der Waals surface area contributed by atoms with E-state index in [1.807, 2.05) is 0 Å². The molecule has 0 saturated carbocycles. The van der Waals surface area contributed by atoms with Crippen LogP contribution in [0.3, 0.4) is 0 Å². The molecule has 0 N–H and O–H groups in total. The molecule has 1 aromatic carbocycles. The number of alkyl halides is 3. The number of hydrogen-bond donors (Lipinski definition) is 0. The zero-order chi connectivity index (χ0) is 19.1. The Hall–Kier alpha value is -1.55. The zero-order valence-electron chi connectivity index (χ0n) is 12.8. The summed E-state index contributed by atoms with van der Waals surface area (Å²) < 4.78 is 59.8. The predicted octanol–water partition coefficient (Wildman–Crippen LogP) is 6.21. The average Bonchev–Trinajstić information content (AvgIpc) is 2.72. The number of terminal acetylenes is 1. The zero-order valence-corrected chi connectivity index (χ0v) is 15.1. The molecule has 1 heterocycles. The van der Waals surface area contributed by atoms with Crippen molar-refractivity contribution in [2.24, 2.45) is 7.05 Å². The molecule has 0 amide bonds. The number of ether oxygens (including phenoxy) is 1. The Morgan fingerprint density at radius 3 is 2.32 bits per heavy atom. The van der Waals surface area contributed by atoms with Crippen LogP contribution in [0.5, 0.6) is 5.75 Å². The summed E-state index contributed by atoms with van der Waals surface area (Å²) in [6.45, 7) is 1.55. The van der Waals surface area contributed by atoms with Gasteiger partial charge in [-0.2, -0.15) is 13.2 Å². The molecular weight excluding hydrogens is 405 g/mol. The minimum Gasteiger partial charge on any atom is -0.476 e. The Kier molecular flexibility index (Phi) is 5.53. The van der Waals surface area contributed by atoms with E-state index in [-0.39, 0.29) is 27.1 Å². The molecule has 2 rings (SSSR count). The van der Waals surface area contributed by atoms with Crippen LogP contribution in [0.2, 0.25) is 15.2 Å². The van der Waals surface area contributed by atoms with Crippen molar-refractivity contribution >= 4 is 34.8 Å². The molecule has 25 heavy (non-hydrogen) atoms. The van der Waals surface area contributed by atoms with Gasteiger partial charge < -0.3 is 9.30 Å². The highest BCUT2D eigenvalue weighted by Gasteiger charge is 2.40. The normalized spacial score (nSPS) is 12.8. The molecule has 1 unspecified atom stereocenters. The molecule has 2 aromatic rings. The van der Waals surface area contributed by atoms with Gasteiger partial charge in [0.25, 0.3) is 0 Å². The first-order valence-corrected chi connectivity index (χ1v) is 7.85. The van der Waals surface area contributed by atoms with Crippen molar-refractivity contribution in [3.63, 3.8) is 0 Å². The molecule has 0 radical (unpaired) electrons. The highest BCUT2D eigenvalue weighted by atomic mass is 35.5. The van der Waals surface area contributed by atoms with Crippen LogP contribution < -0.4 is 4.74 Å². The van der Waals surface area contributed by atoms with Gasteiger partial charge in [0, 0.05) is 18.2 Å². The molecule has 0 spiro atoms. The SMILES string of the molecule is C#CC(C)Oc1cc(-c2c(Cl)c(C(F)(F)F)n(C)c2Cl)c(F)cc1Cl. The maximum absolute atomic E-state index is 14.3. The third kappa shape index (κ3) is 3.69. The summed E-state index contributed by atoms with van der Waals surface area (Å²) in [4.78, 5) is 0. The minimum atomic E-state index is -4.77. The largest absolute Gasteiger partial charge is 0.476 e. The molecule has 0 fully saturated rings. The van der Waals surface area contributed by atoms with Crippen LogP contribution >= 0.6 is 34.8 Å². The van der Waals surface area contributed by atoms with E-state index in [9.17, 15) is 17.6 Å². The van der Waals surface area contributed by atoms with E-state index in [2.05, 4.69) is 5.92 Å². The first-order valence-electron chi connectivity index (χ1n) is 6.72. The van der Waals surface area contributed by atoms with Crippen LogP contribution in [-0.4, -0.2) is 10.7 Å². The molecular formula is C16H10Cl3F4NO. The molecule has 0 aliphatic carbocycles. The Bertz CT molecular complexity index is 868. The lowest BCUT2D eigenvalue weighted by atomic mass is 10.1. The lowest BCUT2D eigenvalue weighted by Crippen LogP contribution is -2.11. The van der Waals surface area contributed by atoms with E-state index in [1.54, 1.807) is 6.92 Å². The standard InChI is InChI=1S/C16H10Cl3F4NO/c1-4-7(2)25-11-5-8(10(20)6-9(11)17)12-13(18)14(16(21,22)23)24(3)15(12)19/h1,5-7H,2-3H3. The molecule has 134 valence electrons. The van der Waals surface area contributed by atoms with Gasteiger partial charge in [0.15, 0.2) is 6.10 Å². The lowest BCUT2D eigenvalue weighted by molar-refractivity contribution is -0.142. The maximum atomic E-state index is 14.3. The smallest absolute Gasteiger partial charge is 0.432 e. The number of halogens is 7. The fourth-order valence-corrected chi connectivity index (χ4v) is 3.15.